The number of anilines is 1. The summed E-state index contributed by atoms with van der Waals surface area (Å²) in [5.41, 5.74) is 7.71. The SMILES string of the molecule is Nc1noc(-c2ccc(F)cc2Cl)c1-c1cccc(Cl)c1. The van der Waals surface area contributed by atoms with E-state index in [4.69, 9.17) is 33.5 Å². The van der Waals surface area contributed by atoms with Gasteiger partial charge in [-0.1, -0.05) is 40.5 Å². The second-order valence-electron chi connectivity index (χ2n) is 4.41. The van der Waals surface area contributed by atoms with Crippen LogP contribution >= 0.6 is 23.2 Å². The van der Waals surface area contributed by atoms with Crippen LogP contribution in [0.15, 0.2) is 47.0 Å². The molecule has 1 aromatic heterocycles. The monoisotopic (exact) mass is 322 g/mol. The molecule has 3 nitrogen and oxygen atoms in total. The summed E-state index contributed by atoms with van der Waals surface area (Å²) in [7, 11) is 0. The second-order valence-corrected chi connectivity index (χ2v) is 5.25. The van der Waals surface area contributed by atoms with E-state index in [0.717, 1.165) is 5.56 Å². The minimum atomic E-state index is -0.430. The third kappa shape index (κ3) is 2.60. The zero-order chi connectivity index (χ0) is 15.0. The molecule has 3 aromatic rings. The van der Waals surface area contributed by atoms with Gasteiger partial charge in [0, 0.05) is 10.6 Å². The van der Waals surface area contributed by atoms with Crippen molar-refractivity contribution in [2.45, 2.75) is 0 Å². The maximum absolute atomic E-state index is 13.2. The molecule has 21 heavy (non-hydrogen) atoms. The van der Waals surface area contributed by atoms with Crippen LogP contribution in [-0.4, -0.2) is 5.16 Å². The quantitative estimate of drug-likeness (QED) is 0.719. The van der Waals surface area contributed by atoms with Gasteiger partial charge < -0.3 is 10.3 Å². The second kappa shape index (κ2) is 5.39. The number of nitrogen functional groups attached to an aromatic ring is 1. The Hall–Kier alpha value is -2.04. The Balaban J connectivity index is 2.22. The van der Waals surface area contributed by atoms with Crippen LogP contribution in [0.2, 0.25) is 10.0 Å². The minimum Gasteiger partial charge on any atom is -0.380 e. The van der Waals surface area contributed by atoms with E-state index in [1.54, 1.807) is 18.2 Å². The first-order chi connectivity index (χ1) is 10.1. The molecule has 0 saturated carbocycles. The summed E-state index contributed by atoms with van der Waals surface area (Å²) in [6, 6.07) is 11.1. The van der Waals surface area contributed by atoms with Crippen molar-refractivity contribution in [3.8, 4) is 22.5 Å². The Kier molecular flexibility index (Phi) is 3.57. The van der Waals surface area contributed by atoms with E-state index >= 15 is 0 Å². The van der Waals surface area contributed by atoms with Crippen molar-refractivity contribution in [3.63, 3.8) is 0 Å². The Bertz CT molecular complexity index is 817. The van der Waals surface area contributed by atoms with Crippen LogP contribution in [0.1, 0.15) is 0 Å². The number of aromatic nitrogens is 1. The number of rotatable bonds is 2. The van der Waals surface area contributed by atoms with Crippen LogP contribution < -0.4 is 5.73 Å². The predicted octanol–water partition coefficient (Wildman–Crippen LogP) is 5.04. The topological polar surface area (TPSA) is 52.0 Å². The predicted molar refractivity (Wildman–Crippen MR) is 81.8 cm³/mol. The fraction of sp³-hybridized carbons (Fsp3) is 0. The number of hydrogen-bond donors (Lipinski definition) is 1. The van der Waals surface area contributed by atoms with Gasteiger partial charge in [0.25, 0.3) is 0 Å². The van der Waals surface area contributed by atoms with Gasteiger partial charge in [-0.3, -0.25) is 0 Å². The van der Waals surface area contributed by atoms with Crippen LogP contribution in [0.4, 0.5) is 10.2 Å². The van der Waals surface area contributed by atoms with Gasteiger partial charge in [-0.15, -0.1) is 0 Å². The lowest BCUT2D eigenvalue weighted by molar-refractivity contribution is 0.436. The van der Waals surface area contributed by atoms with Crippen molar-refractivity contribution in [1.29, 1.82) is 0 Å². The van der Waals surface area contributed by atoms with Gasteiger partial charge in [0.05, 0.1) is 10.6 Å². The van der Waals surface area contributed by atoms with Gasteiger partial charge in [0.1, 0.15) is 5.82 Å². The molecule has 0 aliphatic heterocycles. The summed E-state index contributed by atoms with van der Waals surface area (Å²) in [5, 5.41) is 4.55. The highest BCUT2D eigenvalue weighted by Crippen LogP contribution is 2.40. The van der Waals surface area contributed by atoms with E-state index in [1.807, 2.05) is 6.07 Å². The highest BCUT2D eigenvalue weighted by Gasteiger charge is 2.20. The van der Waals surface area contributed by atoms with E-state index in [-0.39, 0.29) is 10.8 Å². The number of halogens is 3. The van der Waals surface area contributed by atoms with Crippen molar-refractivity contribution in [2.75, 3.05) is 5.73 Å². The molecule has 0 aliphatic carbocycles. The summed E-state index contributed by atoms with van der Waals surface area (Å²) in [5.74, 6) is 0.160. The Morgan fingerprint density at radius 3 is 2.62 bits per heavy atom. The van der Waals surface area contributed by atoms with Crippen molar-refractivity contribution in [3.05, 3.63) is 58.3 Å². The molecule has 0 bridgehead atoms. The summed E-state index contributed by atoms with van der Waals surface area (Å²) in [6.07, 6.45) is 0. The van der Waals surface area contributed by atoms with Gasteiger partial charge in [-0.2, -0.15) is 0 Å². The molecular weight excluding hydrogens is 314 g/mol. The van der Waals surface area contributed by atoms with Gasteiger partial charge in [-0.05, 0) is 35.9 Å². The van der Waals surface area contributed by atoms with E-state index < -0.39 is 5.82 Å². The molecule has 0 unspecified atom stereocenters. The third-order valence-electron chi connectivity index (χ3n) is 3.01. The highest BCUT2D eigenvalue weighted by molar-refractivity contribution is 6.33. The summed E-state index contributed by atoms with van der Waals surface area (Å²) >= 11 is 12.1. The summed E-state index contributed by atoms with van der Waals surface area (Å²) in [6.45, 7) is 0. The van der Waals surface area contributed by atoms with Crippen LogP contribution in [0.5, 0.6) is 0 Å². The normalized spacial score (nSPS) is 10.8. The highest BCUT2D eigenvalue weighted by atomic mass is 35.5. The average Bonchev–Trinajstić information content (AvgIpc) is 2.80. The van der Waals surface area contributed by atoms with Crippen molar-refractivity contribution in [2.24, 2.45) is 0 Å². The Morgan fingerprint density at radius 1 is 1.10 bits per heavy atom. The van der Waals surface area contributed by atoms with Crippen molar-refractivity contribution in [1.82, 2.24) is 5.16 Å². The summed E-state index contributed by atoms with van der Waals surface area (Å²) in [4.78, 5) is 0. The molecular formula is C15H9Cl2FN2O. The Labute approximate surface area is 130 Å². The first-order valence-corrected chi connectivity index (χ1v) is 6.78. The van der Waals surface area contributed by atoms with Gasteiger partial charge in [0.2, 0.25) is 0 Å². The van der Waals surface area contributed by atoms with Crippen molar-refractivity contribution >= 4 is 29.0 Å². The van der Waals surface area contributed by atoms with E-state index in [9.17, 15) is 4.39 Å². The van der Waals surface area contributed by atoms with Crippen LogP contribution in [0.25, 0.3) is 22.5 Å². The zero-order valence-electron chi connectivity index (χ0n) is 10.6. The number of hydrogen-bond acceptors (Lipinski definition) is 3. The molecule has 2 N–H and O–H groups in total. The molecule has 0 atom stereocenters. The molecule has 106 valence electrons. The first kappa shape index (κ1) is 13.9. The van der Waals surface area contributed by atoms with Crippen molar-refractivity contribution < 1.29 is 8.91 Å². The van der Waals surface area contributed by atoms with Crippen LogP contribution in [-0.2, 0) is 0 Å². The molecule has 1 heterocycles. The number of nitrogens with zero attached hydrogens (tertiary/aromatic N) is 1. The van der Waals surface area contributed by atoms with Crippen LogP contribution in [0.3, 0.4) is 0 Å². The van der Waals surface area contributed by atoms with Gasteiger partial charge >= 0.3 is 0 Å². The van der Waals surface area contributed by atoms with Gasteiger partial charge in [-0.25, -0.2) is 4.39 Å². The fourth-order valence-corrected chi connectivity index (χ4v) is 2.53. The molecule has 0 spiro atoms. The number of benzene rings is 2. The standard InChI is InChI=1S/C15H9Cl2FN2O/c16-9-3-1-2-8(6-9)13-14(21-20-15(13)19)11-5-4-10(18)7-12(11)17/h1-7H,(H2,19,20). The first-order valence-electron chi connectivity index (χ1n) is 6.03. The maximum atomic E-state index is 13.2. The lowest BCUT2D eigenvalue weighted by Crippen LogP contribution is -1.89. The average molecular weight is 323 g/mol. The van der Waals surface area contributed by atoms with E-state index in [1.165, 1.54) is 18.2 Å². The molecule has 0 fully saturated rings. The molecule has 0 saturated heterocycles. The lowest BCUT2D eigenvalue weighted by Gasteiger charge is -2.05. The smallest absolute Gasteiger partial charge is 0.178 e. The maximum Gasteiger partial charge on any atom is 0.178 e. The van der Waals surface area contributed by atoms with E-state index in [0.29, 0.717) is 21.9 Å². The van der Waals surface area contributed by atoms with Gasteiger partial charge in [0.15, 0.2) is 11.6 Å². The van der Waals surface area contributed by atoms with Crippen LogP contribution in [0, 0.1) is 5.82 Å². The largest absolute Gasteiger partial charge is 0.380 e. The zero-order valence-corrected chi connectivity index (χ0v) is 12.1. The lowest BCUT2D eigenvalue weighted by atomic mass is 10.0. The molecule has 0 amide bonds. The third-order valence-corrected chi connectivity index (χ3v) is 3.56. The Morgan fingerprint density at radius 2 is 1.90 bits per heavy atom. The molecule has 3 rings (SSSR count). The fourth-order valence-electron chi connectivity index (χ4n) is 2.08. The van der Waals surface area contributed by atoms with E-state index in [2.05, 4.69) is 5.16 Å². The molecule has 0 radical (unpaired) electrons. The number of nitrogens with two attached hydrogens (primary N) is 1. The molecule has 6 heteroatoms. The summed E-state index contributed by atoms with van der Waals surface area (Å²) < 4.78 is 18.4. The molecule has 2 aromatic carbocycles. The molecule has 0 aliphatic rings. The minimum absolute atomic E-state index is 0.215.